The minimum absolute atomic E-state index is 0.145. The highest BCUT2D eigenvalue weighted by Gasteiger charge is 2.45. The molecular formula is C18H25NO. The Hall–Kier alpha value is -1.15. The van der Waals surface area contributed by atoms with Crippen molar-refractivity contribution in [2.45, 2.75) is 57.5 Å². The molecule has 3 saturated heterocycles. The van der Waals surface area contributed by atoms with E-state index in [1.54, 1.807) is 0 Å². The molecule has 0 saturated carbocycles. The van der Waals surface area contributed by atoms with Crippen LogP contribution in [-0.2, 0) is 11.2 Å². The Morgan fingerprint density at radius 3 is 2.80 bits per heavy atom. The van der Waals surface area contributed by atoms with Crippen molar-refractivity contribution in [3.8, 4) is 0 Å². The van der Waals surface area contributed by atoms with Crippen LogP contribution in [0.1, 0.15) is 44.6 Å². The normalized spacial score (nSPS) is 32.5. The molecule has 4 unspecified atom stereocenters. The predicted molar refractivity (Wildman–Crippen MR) is 81.7 cm³/mol. The number of carbonyl (C=O) groups excluding carboxylic acids is 1. The second-order valence-corrected chi connectivity index (χ2v) is 6.36. The van der Waals surface area contributed by atoms with E-state index < -0.39 is 0 Å². The van der Waals surface area contributed by atoms with Gasteiger partial charge in [-0.15, -0.1) is 0 Å². The van der Waals surface area contributed by atoms with E-state index in [1.165, 1.54) is 24.8 Å². The average Bonchev–Trinajstić information content (AvgIpc) is 2.50. The lowest BCUT2D eigenvalue weighted by atomic mass is 9.75. The summed E-state index contributed by atoms with van der Waals surface area (Å²) in [5, 5.41) is 0. The monoisotopic (exact) mass is 271 g/mol. The van der Waals surface area contributed by atoms with E-state index in [4.69, 9.17) is 0 Å². The maximum Gasteiger partial charge on any atom is 0.153 e. The Balaban J connectivity index is 1.73. The molecule has 2 nitrogen and oxygen atoms in total. The van der Waals surface area contributed by atoms with Gasteiger partial charge in [0.05, 0.1) is 6.04 Å². The number of fused-ring (bicyclic) bond motifs is 3. The van der Waals surface area contributed by atoms with Crippen molar-refractivity contribution in [2.75, 3.05) is 6.54 Å². The molecule has 3 aliphatic rings. The maximum atomic E-state index is 12.6. The zero-order valence-electron chi connectivity index (χ0n) is 12.4. The molecule has 108 valence electrons. The molecule has 1 aromatic carbocycles. The van der Waals surface area contributed by atoms with Gasteiger partial charge in [0.2, 0.25) is 0 Å². The van der Waals surface area contributed by atoms with Crippen LogP contribution in [0.2, 0.25) is 0 Å². The number of benzene rings is 1. The molecule has 3 heterocycles. The molecule has 0 aliphatic carbocycles. The first-order valence-corrected chi connectivity index (χ1v) is 8.13. The first-order chi connectivity index (χ1) is 9.79. The molecule has 0 N–H and O–H groups in total. The topological polar surface area (TPSA) is 20.3 Å². The van der Waals surface area contributed by atoms with E-state index in [1.807, 2.05) is 6.07 Å². The summed E-state index contributed by atoms with van der Waals surface area (Å²) in [6, 6.07) is 11.3. The molecule has 4 atom stereocenters. The molecule has 3 fully saturated rings. The lowest BCUT2D eigenvalue weighted by Crippen LogP contribution is -2.60. The summed E-state index contributed by atoms with van der Waals surface area (Å²) in [5.74, 6) is 0.850. The largest absolute Gasteiger partial charge is 0.298 e. The molecule has 3 aliphatic heterocycles. The van der Waals surface area contributed by atoms with Crippen molar-refractivity contribution in [1.29, 1.82) is 0 Å². The van der Waals surface area contributed by atoms with Gasteiger partial charge >= 0.3 is 0 Å². The van der Waals surface area contributed by atoms with E-state index in [0.29, 0.717) is 17.7 Å². The number of carbonyl (C=O) groups is 1. The summed E-state index contributed by atoms with van der Waals surface area (Å²) < 4.78 is 0. The zero-order chi connectivity index (χ0) is 13.9. The summed E-state index contributed by atoms with van der Waals surface area (Å²) in [5.41, 5.74) is 1.30. The van der Waals surface area contributed by atoms with E-state index in [-0.39, 0.29) is 6.04 Å². The third-order valence-electron chi connectivity index (χ3n) is 5.06. The second kappa shape index (κ2) is 6.09. The third-order valence-corrected chi connectivity index (χ3v) is 5.06. The number of Topliss-reactive ketones (excluding diaryl/α,β-unsaturated/α-hetero) is 1. The van der Waals surface area contributed by atoms with E-state index in [9.17, 15) is 4.79 Å². The molecular weight excluding hydrogens is 246 g/mol. The quantitative estimate of drug-likeness (QED) is 0.817. The number of hydrogen-bond donors (Lipinski definition) is 0. The van der Waals surface area contributed by atoms with Crippen LogP contribution in [0.3, 0.4) is 0 Å². The molecule has 1 aromatic rings. The van der Waals surface area contributed by atoms with Crippen LogP contribution in [0.25, 0.3) is 0 Å². The van der Waals surface area contributed by atoms with Crippen molar-refractivity contribution in [1.82, 2.24) is 4.90 Å². The van der Waals surface area contributed by atoms with Gasteiger partial charge in [0.1, 0.15) is 0 Å². The standard InChI is InChI=1S/C18H25NO/c1-2-3-9-16-13-15-10-11-19(16)17(18(15)20)12-14-7-5-4-6-8-14/h4-8,15-17H,2-3,9-13H2,1H3. The minimum Gasteiger partial charge on any atom is -0.298 e. The number of piperidine rings is 3. The molecule has 0 amide bonds. The first-order valence-electron chi connectivity index (χ1n) is 8.13. The molecule has 20 heavy (non-hydrogen) atoms. The number of nitrogens with zero attached hydrogens (tertiary/aromatic N) is 1. The summed E-state index contributed by atoms with van der Waals surface area (Å²) in [7, 11) is 0. The van der Waals surface area contributed by atoms with E-state index in [0.717, 1.165) is 25.8 Å². The van der Waals surface area contributed by atoms with Gasteiger partial charge in [-0.25, -0.2) is 0 Å². The summed E-state index contributed by atoms with van der Waals surface area (Å²) in [6.45, 7) is 3.38. The lowest BCUT2D eigenvalue weighted by Gasteiger charge is -2.49. The predicted octanol–water partition coefficient (Wildman–Crippen LogP) is 3.45. The van der Waals surface area contributed by atoms with Gasteiger partial charge in [-0.2, -0.15) is 0 Å². The molecule has 0 spiro atoms. The van der Waals surface area contributed by atoms with Gasteiger partial charge in [-0.3, -0.25) is 9.69 Å². The Kier molecular flexibility index (Phi) is 4.21. The summed E-state index contributed by atoms with van der Waals surface area (Å²) in [6.07, 6.45) is 6.92. The van der Waals surface area contributed by atoms with Crippen molar-refractivity contribution in [3.05, 3.63) is 35.9 Å². The molecule has 0 radical (unpaired) electrons. The molecule has 0 aromatic heterocycles. The van der Waals surface area contributed by atoms with Gasteiger partial charge in [0.25, 0.3) is 0 Å². The van der Waals surface area contributed by atoms with Gasteiger partial charge in [0, 0.05) is 12.0 Å². The zero-order valence-corrected chi connectivity index (χ0v) is 12.4. The summed E-state index contributed by atoms with van der Waals surface area (Å²) in [4.78, 5) is 15.1. The highest BCUT2D eigenvalue weighted by Crippen LogP contribution is 2.36. The van der Waals surface area contributed by atoms with Crippen molar-refractivity contribution in [3.63, 3.8) is 0 Å². The van der Waals surface area contributed by atoms with Gasteiger partial charge < -0.3 is 0 Å². The van der Waals surface area contributed by atoms with Crippen LogP contribution in [0.4, 0.5) is 0 Å². The fourth-order valence-corrected chi connectivity index (χ4v) is 3.95. The third kappa shape index (κ3) is 2.67. The van der Waals surface area contributed by atoms with Gasteiger partial charge in [-0.1, -0.05) is 50.1 Å². The highest BCUT2D eigenvalue weighted by molar-refractivity contribution is 5.88. The van der Waals surface area contributed by atoms with Gasteiger partial charge in [-0.05, 0) is 37.8 Å². The van der Waals surface area contributed by atoms with Gasteiger partial charge in [0.15, 0.2) is 5.78 Å². The van der Waals surface area contributed by atoms with Crippen LogP contribution >= 0.6 is 0 Å². The number of hydrogen-bond acceptors (Lipinski definition) is 2. The Morgan fingerprint density at radius 2 is 2.05 bits per heavy atom. The first kappa shape index (κ1) is 13.8. The highest BCUT2D eigenvalue weighted by atomic mass is 16.1. The Labute approximate surface area is 122 Å². The number of rotatable bonds is 5. The molecule has 2 heteroatoms. The SMILES string of the molecule is CCCCC1CC2CCN1C(Cc1ccccc1)C2=O. The van der Waals surface area contributed by atoms with Crippen LogP contribution in [0.15, 0.2) is 30.3 Å². The average molecular weight is 271 g/mol. The van der Waals surface area contributed by atoms with E-state index >= 15 is 0 Å². The van der Waals surface area contributed by atoms with Crippen LogP contribution in [0.5, 0.6) is 0 Å². The second-order valence-electron chi connectivity index (χ2n) is 6.36. The lowest BCUT2D eigenvalue weighted by molar-refractivity contribution is -0.141. The van der Waals surface area contributed by atoms with Crippen LogP contribution in [0, 0.1) is 5.92 Å². The number of ketones is 1. The van der Waals surface area contributed by atoms with Crippen molar-refractivity contribution in [2.24, 2.45) is 5.92 Å². The van der Waals surface area contributed by atoms with E-state index in [2.05, 4.69) is 36.1 Å². The van der Waals surface area contributed by atoms with Crippen molar-refractivity contribution < 1.29 is 4.79 Å². The Bertz CT molecular complexity index is 456. The van der Waals surface area contributed by atoms with Crippen LogP contribution in [-0.4, -0.2) is 29.3 Å². The summed E-state index contributed by atoms with van der Waals surface area (Å²) >= 11 is 0. The fourth-order valence-electron chi connectivity index (χ4n) is 3.95. The Morgan fingerprint density at radius 1 is 1.25 bits per heavy atom. The van der Waals surface area contributed by atoms with Crippen molar-refractivity contribution >= 4 is 5.78 Å². The fraction of sp³-hybridized carbons (Fsp3) is 0.611. The number of unbranched alkanes of at least 4 members (excludes halogenated alkanes) is 1. The molecule has 2 bridgehead atoms. The smallest absolute Gasteiger partial charge is 0.153 e. The van der Waals surface area contributed by atoms with Crippen LogP contribution < -0.4 is 0 Å². The maximum absolute atomic E-state index is 12.6. The minimum atomic E-state index is 0.145. The molecule has 4 rings (SSSR count).